The van der Waals surface area contributed by atoms with Crippen LogP contribution in [0, 0.1) is 0 Å². The van der Waals surface area contributed by atoms with E-state index >= 15 is 0 Å². The number of hydrogen-bond donors (Lipinski definition) is 0. The summed E-state index contributed by atoms with van der Waals surface area (Å²) in [6, 6.07) is 7.58. The van der Waals surface area contributed by atoms with Gasteiger partial charge in [0.15, 0.2) is 6.10 Å². The van der Waals surface area contributed by atoms with E-state index in [9.17, 15) is 9.59 Å². The van der Waals surface area contributed by atoms with Gasteiger partial charge in [-0.05, 0) is 61.9 Å². The molecule has 0 radical (unpaired) electrons. The van der Waals surface area contributed by atoms with Gasteiger partial charge >= 0.3 is 5.97 Å². The van der Waals surface area contributed by atoms with Crippen LogP contribution in [0.2, 0.25) is 0 Å². The molecule has 0 spiro atoms. The maximum absolute atomic E-state index is 12.9. The van der Waals surface area contributed by atoms with Crippen molar-refractivity contribution >= 4 is 23.2 Å². The van der Waals surface area contributed by atoms with Gasteiger partial charge in [-0.2, -0.15) is 0 Å². The smallest absolute Gasteiger partial charge is 0.324 e. The fraction of sp³-hybridized carbons (Fsp3) is 0.500. The second-order valence-electron chi connectivity index (χ2n) is 7.76. The summed E-state index contributed by atoms with van der Waals surface area (Å²) in [7, 11) is 0. The summed E-state index contributed by atoms with van der Waals surface area (Å²) in [5.41, 5.74) is 2.15. The van der Waals surface area contributed by atoms with Crippen LogP contribution in [0.25, 0.3) is 0 Å². The molecule has 4 heterocycles. The van der Waals surface area contributed by atoms with Gasteiger partial charge in [-0.1, -0.05) is 12.5 Å². The minimum absolute atomic E-state index is 0.109. The fourth-order valence-corrected chi connectivity index (χ4v) is 5.03. The number of nitrogens with zero attached hydrogens (tertiary/aromatic N) is 3. The number of esters is 1. The van der Waals surface area contributed by atoms with Crippen molar-refractivity contribution in [2.45, 2.75) is 57.8 Å². The zero-order valence-electron chi connectivity index (χ0n) is 16.8. The number of aromatic nitrogens is 1. The SMILES string of the molecule is C[C@H](OC(=O)[C@@H]1CCCCN1Cc1ccccn1)C(=O)N1CCc2sccc2C1. The Morgan fingerprint density at radius 3 is 3.00 bits per heavy atom. The minimum Gasteiger partial charge on any atom is -0.451 e. The molecule has 6 nitrogen and oxygen atoms in total. The van der Waals surface area contributed by atoms with Gasteiger partial charge in [-0.3, -0.25) is 19.5 Å². The topological polar surface area (TPSA) is 62.7 Å². The third kappa shape index (κ3) is 4.67. The molecule has 0 bridgehead atoms. The molecule has 2 aliphatic heterocycles. The zero-order valence-corrected chi connectivity index (χ0v) is 17.6. The first-order valence-electron chi connectivity index (χ1n) is 10.3. The maximum atomic E-state index is 12.9. The first-order chi connectivity index (χ1) is 14.1. The van der Waals surface area contributed by atoms with Gasteiger partial charge in [-0.25, -0.2) is 0 Å². The summed E-state index contributed by atoms with van der Waals surface area (Å²) in [5.74, 6) is -0.406. The van der Waals surface area contributed by atoms with Crippen molar-refractivity contribution in [1.82, 2.24) is 14.8 Å². The normalized spacial score (nSPS) is 20.7. The average Bonchev–Trinajstić information content (AvgIpc) is 3.22. The molecule has 4 rings (SSSR count). The summed E-state index contributed by atoms with van der Waals surface area (Å²) in [6.45, 7) is 4.44. The molecule has 0 unspecified atom stereocenters. The van der Waals surface area contributed by atoms with Crippen molar-refractivity contribution in [3.63, 3.8) is 0 Å². The number of ether oxygens (including phenoxy) is 1. The Hall–Kier alpha value is -2.25. The van der Waals surface area contributed by atoms with Gasteiger partial charge in [0.2, 0.25) is 0 Å². The van der Waals surface area contributed by atoms with Gasteiger partial charge in [-0.15, -0.1) is 11.3 Å². The Bertz CT molecular complexity index is 854. The van der Waals surface area contributed by atoms with Gasteiger partial charge in [0.1, 0.15) is 6.04 Å². The van der Waals surface area contributed by atoms with E-state index in [0.29, 0.717) is 19.6 Å². The third-order valence-corrected chi connectivity index (χ3v) is 6.76. The van der Waals surface area contributed by atoms with Gasteiger partial charge in [0, 0.05) is 30.7 Å². The van der Waals surface area contributed by atoms with Crippen LogP contribution in [-0.4, -0.2) is 51.9 Å². The molecule has 2 aromatic rings. The Morgan fingerprint density at radius 2 is 2.17 bits per heavy atom. The summed E-state index contributed by atoms with van der Waals surface area (Å²) < 4.78 is 5.65. The molecule has 154 valence electrons. The molecule has 0 saturated carbocycles. The van der Waals surface area contributed by atoms with Crippen molar-refractivity contribution in [2.24, 2.45) is 0 Å². The molecule has 2 aliphatic rings. The lowest BCUT2D eigenvalue weighted by atomic mass is 10.0. The van der Waals surface area contributed by atoms with Crippen molar-refractivity contribution in [3.05, 3.63) is 52.0 Å². The Labute approximate surface area is 175 Å². The summed E-state index contributed by atoms with van der Waals surface area (Å²) in [4.78, 5) is 35.4. The molecule has 1 saturated heterocycles. The molecule has 1 fully saturated rings. The largest absolute Gasteiger partial charge is 0.451 e. The van der Waals surface area contributed by atoms with Crippen LogP contribution in [0.3, 0.4) is 0 Å². The van der Waals surface area contributed by atoms with Crippen LogP contribution in [0.1, 0.15) is 42.3 Å². The number of amides is 1. The zero-order chi connectivity index (χ0) is 20.2. The standard InChI is InChI=1S/C22H27N3O3S/c1-16(21(26)25-12-8-20-17(14-25)9-13-29-20)28-22(27)19-7-3-5-11-24(19)15-18-6-2-4-10-23-18/h2,4,6,9-10,13,16,19H,3,5,7-8,11-12,14-15H2,1H3/t16-,19-/m0/s1. The van der Waals surface area contributed by atoms with Crippen molar-refractivity contribution < 1.29 is 14.3 Å². The number of rotatable bonds is 5. The maximum Gasteiger partial charge on any atom is 0.324 e. The van der Waals surface area contributed by atoms with Crippen LogP contribution in [0.15, 0.2) is 35.8 Å². The van der Waals surface area contributed by atoms with E-state index in [1.54, 1.807) is 29.4 Å². The van der Waals surface area contributed by atoms with Crippen molar-refractivity contribution in [1.29, 1.82) is 0 Å². The number of fused-ring (bicyclic) bond motifs is 1. The number of likely N-dealkylation sites (tertiary alicyclic amines) is 1. The van der Waals surface area contributed by atoms with Gasteiger partial charge < -0.3 is 9.64 Å². The molecule has 2 atom stereocenters. The third-order valence-electron chi connectivity index (χ3n) is 5.74. The molecule has 0 aliphatic carbocycles. The van der Waals surface area contributed by atoms with Crippen molar-refractivity contribution in [2.75, 3.05) is 13.1 Å². The molecular weight excluding hydrogens is 386 g/mol. The van der Waals surface area contributed by atoms with Gasteiger partial charge in [0.25, 0.3) is 5.91 Å². The highest BCUT2D eigenvalue weighted by Gasteiger charge is 2.34. The van der Waals surface area contributed by atoms with Crippen LogP contribution < -0.4 is 0 Å². The van der Waals surface area contributed by atoms with E-state index < -0.39 is 6.10 Å². The number of pyridine rings is 1. The molecular formula is C22H27N3O3S. The van der Waals surface area contributed by atoms with Crippen molar-refractivity contribution in [3.8, 4) is 0 Å². The second-order valence-corrected chi connectivity index (χ2v) is 8.76. The lowest BCUT2D eigenvalue weighted by Crippen LogP contribution is -2.48. The fourth-order valence-electron chi connectivity index (χ4n) is 4.14. The molecule has 1 amide bonds. The van der Waals surface area contributed by atoms with Crippen LogP contribution >= 0.6 is 11.3 Å². The first kappa shape index (κ1) is 20.0. The molecule has 0 N–H and O–H groups in total. The first-order valence-corrected chi connectivity index (χ1v) is 11.2. The van der Waals surface area contributed by atoms with E-state index in [0.717, 1.165) is 37.9 Å². The summed E-state index contributed by atoms with van der Waals surface area (Å²) >= 11 is 1.74. The van der Waals surface area contributed by atoms with Crippen LogP contribution in [-0.2, 0) is 33.8 Å². The van der Waals surface area contributed by atoms with Crippen LogP contribution in [0.5, 0.6) is 0 Å². The Balaban J connectivity index is 1.36. The Kier molecular flexibility index (Phi) is 6.25. The highest BCUT2D eigenvalue weighted by atomic mass is 32.1. The molecule has 29 heavy (non-hydrogen) atoms. The number of carbonyl (C=O) groups is 2. The Morgan fingerprint density at radius 1 is 1.28 bits per heavy atom. The van der Waals surface area contributed by atoms with E-state index in [2.05, 4.69) is 21.3 Å². The summed E-state index contributed by atoms with van der Waals surface area (Å²) in [6.07, 6.45) is 4.69. The van der Waals surface area contributed by atoms with Crippen LogP contribution in [0.4, 0.5) is 0 Å². The van der Waals surface area contributed by atoms with E-state index in [-0.39, 0.29) is 17.9 Å². The number of piperidine rings is 1. The number of hydrogen-bond acceptors (Lipinski definition) is 6. The minimum atomic E-state index is -0.763. The molecule has 7 heteroatoms. The number of thiophene rings is 1. The monoisotopic (exact) mass is 413 g/mol. The summed E-state index contributed by atoms with van der Waals surface area (Å²) in [5, 5.41) is 2.07. The predicted octanol–water partition coefficient (Wildman–Crippen LogP) is 3.01. The highest BCUT2D eigenvalue weighted by molar-refractivity contribution is 7.10. The van der Waals surface area contributed by atoms with E-state index in [1.165, 1.54) is 10.4 Å². The van der Waals surface area contributed by atoms with Gasteiger partial charge in [0.05, 0.1) is 5.69 Å². The number of carbonyl (C=O) groups excluding carboxylic acids is 2. The quantitative estimate of drug-likeness (QED) is 0.705. The van der Waals surface area contributed by atoms with E-state index in [4.69, 9.17) is 4.74 Å². The molecule has 2 aromatic heterocycles. The predicted molar refractivity (Wildman–Crippen MR) is 111 cm³/mol. The second kappa shape index (κ2) is 9.05. The lowest BCUT2D eigenvalue weighted by molar-refractivity contribution is -0.165. The molecule has 0 aromatic carbocycles. The lowest BCUT2D eigenvalue weighted by Gasteiger charge is -2.35. The van der Waals surface area contributed by atoms with E-state index in [1.807, 2.05) is 18.2 Å². The highest BCUT2D eigenvalue weighted by Crippen LogP contribution is 2.25. The average molecular weight is 414 g/mol.